The fourth-order valence-corrected chi connectivity index (χ4v) is 1.49. The highest BCUT2D eigenvalue weighted by molar-refractivity contribution is 5.78. The predicted octanol–water partition coefficient (Wildman–Crippen LogP) is -0.133. The number of nitrogens with zero attached hydrogens (tertiary/aromatic N) is 2. The molecule has 104 valence electrons. The van der Waals surface area contributed by atoms with Crippen LogP contribution < -0.4 is 11.6 Å². The second kappa shape index (κ2) is 6.06. The van der Waals surface area contributed by atoms with Crippen LogP contribution in [0, 0.1) is 5.41 Å². The summed E-state index contributed by atoms with van der Waals surface area (Å²) in [5.74, 6) is 5.78. The Bertz CT molecular complexity index is 317. The van der Waals surface area contributed by atoms with Crippen LogP contribution >= 0.6 is 0 Å². The largest absolute Gasteiger partial charge is 0.400 e. The Balaban J connectivity index is 2.49. The van der Waals surface area contributed by atoms with Gasteiger partial charge in [-0.15, -0.1) is 0 Å². The van der Waals surface area contributed by atoms with E-state index in [9.17, 15) is 4.79 Å². The molecule has 18 heavy (non-hydrogen) atoms. The summed E-state index contributed by atoms with van der Waals surface area (Å²) in [6.07, 6.45) is 1.62. The van der Waals surface area contributed by atoms with E-state index in [0.717, 1.165) is 0 Å². The zero-order valence-corrected chi connectivity index (χ0v) is 11.5. The van der Waals surface area contributed by atoms with Crippen molar-refractivity contribution in [3.05, 3.63) is 11.9 Å². The number of hydrazine groups is 1. The Labute approximate surface area is 109 Å². The number of morpholine rings is 1. The number of amides is 1. The lowest BCUT2D eigenvalue weighted by Crippen LogP contribution is -2.46. The molecule has 0 radical (unpaired) electrons. The van der Waals surface area contributed by atoms with Crippen molar-refractivity contribution < 1.29 is 9.53 Å². The highest BCUT2D eigenvalue weighted by Crippen LogP contribution is 2.20. The first-order valence-electron chi connectivity index (χ1n) is 6.15. The lowest BCUT2D eigenvalue weighted by atomic mass is 9.93. The van der Waals surface area contributed by atoms with Crippen LogP contribution in [0.25, 0.3) is 0 Å². The van der Waals surface area contributed by atoms with Gasteiger partial charge in [-0.2, -0.15) is 0 Å². The van der Waals surface area contributed by atoms with Crippen molar-refractivity contribution in [2.24, 2.45) is 17.0 Å². The molecule has 0 aliphatic carbocycles. The predicted molar refractivity (Wildman–Crippen MR) is 70.0 cm³/mol. The second-order valence-electron chi connectivity index (χ2n) is 5.50. The number of rotatable bonds is 3. The summed E-state index contributed by atoms with van der Waals surface area (Å²) in [5.41, 5.74) is 6.40. The van der Waals surface area contributed by atoms with E-state index >= 15 is 0 Å². The molecular weight excluding hydrogens is 232 g/mol. The smallest absolute Gasteiger partial charge is 0.243 e. The first-order valence-corrected chi connectivity index (χ1v) is 6.15. The number of allylic oxidation sites excluding steroid dienone is 1. The molecule has 1 amide bonds. The topological polar surface area (TPSA) is 84.8 Å². The van der Waals surface area contributed by atoms with Crippen LogP contribution in [0.1, 0.15) is 20.8 Å². The normalized spacial score (nSPS) is 17.8. The van der Waals surface area contributed by atoms with Gasteiger partial charge >= 0.3 is 0 Å². The van der Waals surface area contributed by atoms with Crippen LogP contribution in [0.3, 0.4) is 0 Å². The standard InChI is InChI=1S/C12H24N4O2/c1-12(2,3)10(13)8-16(14)9-11(17)15-4-6-18-7-5-15/h8H,4-7,9,13-14H2,1-3H3/b10-8-. The Morgan fingerprint density at radius 1 is 1.39 bits per heavy atom. The van der Waals surface area contributed by atoms with Gasteiger partial charge in [-0.05, 0) is 0 Å². The maximum absolute atomic E-state index is 11.9. The number of carbonyl (C=O) groups is 1. The first-order chi connectivity index (χ1) is 8.30. The maximum Gasteiger partial charge on any atom is 0.243 e. The number of hydrogen-bond donors (Lipinski definition) is 2. The highest BCUT2D eigenvalue weighted by Gasteiger charge is 2.19. The van der Waals surface area contributed by atoms with Crippen LogP contribution in [0.2, 0.25) is 0 Å². The van der Waals surface area contributed by atoms with Gasteiger partial charge in [0.2, 0.25) is 5.91 Å². The van der Waals surface area contributed by atoms with Crippen LogP contribution in [-0.4, -0.2) is 48.7 Å². The third-order valence-electron chi connectivity index (χ3n) is 2.85. The Kier molecular flexibility index (Phi) is 4.98. The Morgan fingerprint density at radius 2 is 1.94 bits per heavy atom. The molecular formula is C12H24N4O2. The zero-order valence-electron chi connectivity index (χ0n) is 11.5. The zero-order chi connectivity index (χ0) is 13.8. The van der Waals surface area contributed by atoms with Crippen molar-refractivity contribution in [1.82, 2.24) is 9.91 Å². The maximum atomic E-state index is 11.9. The molecule has 4 N–H and O–H groups in total. The van der Waals surface area contributed by atoms with Gasteiger partial charge in [-0.1, -0.05) is 20.8 Å². The van der Waals surface area contributed by atoms with Crippen molar-refractivity contribution in [2.75, 3.05) is 32.8 Å². The lowest BCUT2D eigenvalue weighted by Gasteiger charge is -2.29. The summed E-state index contributed by atoms with van der Waals surface area (Å²) in [6.45, 7) is 8.57. The molecule has 1 saturated heterocycles. The molecule has 6 nitrogen and oxygen atoms in total. The molecule has 1 rings (SSSR count). The van der Waals surface area contributed by atoms with E-state index in [1.54, 1.807) is 11.1 Å². The third-order valence-corrected chi connectivity index (χ3v) is 2.85. The minimum atomic E-state index is -0.153. The molecule has 0 aromatic heterocycles. The molecule has 0 bridgehead atoms. The van der Waals surface area contributed by atoms with E-state index in [4.69, 9.17) is 16.3 Å². The average Bonchev–Trinajstić information content (AvgIpc) is 2.28. The first kappa shape index (κ1) is 14.8. The van der Waals surface area contributed by atoms with Crippen molar-refractivity contribution in [1.29, 1.82) is 0 Å². The van der Waals surface area contributed by atoms with E-state index in [1.807, 2.05) is 20.8 Å². The Morgan fingerprint density at radius 3 is 2.44 bits per heavy atom. The van der Waals surface area contributed by atoms with Gasteiger partial charge in [0, 0.05) is 30.4 Å². The fourth-order valence-electron chi connectivity index (χ4n) is 1.49. The highest BCUT2D eigenvalue weighted by atomic mass is 16.5. The van der Waals surface area contributed by atoms with Gasteiger partial charge < -0.3 is 20.4 Å². The van der Waals surface area contributed by atoms with Crippen LogP contribution in [0.15, 0.2) is 11.9 Å². The number of hydrogen-bond acceptors (Lipinski definition) is 5. The number of ether oxygens (including phenoxy) is 1. The van der Waals surface area contributed by atoms with E-state index in [1.165, 1.54) is 5.01 Å². The third kappa shape index (κ3) is 4.54. The van der Waals surface area contributed by atoms with Gasteiger partial charge in [-0.3, -0.25) is 4.79 Å². The van der Waals surface area contributed by atoms with Crippen LogP contribution in [0.4, 0.5) is 0 Å². The molecule has 0 spiro atoms. The average molecular weight is 256 g/mol. The van der Waals surface area contributed by atoms with Gasteiger partial charge in [0.05, 0.1) is 13.2 Å². The summed E-state index contributed by atoms with van der Waals surface area (Å²) in [4.78, 5) is 13.7. The second-order valence-corrected chi connectivity index (χ2v) is 5.50. The van der Waals surface area contributed by atoms with Crippen LogP contribution in [0.5, 0.6) is 0 Å². The molecule has 0 atom stereocenters. The molecule has 1 aliphatic heterocycles. The van der Waals surface area contributed by atoms with E-state index in [2.05, 4.69) is 0 Å². The van der Waals surface area contributed by atoms with Crippen molar-refractivity contribution in [3.8, 4) is 0 Å². The number of nitrogens with two attached hydrogens (primary N) is 2. The molecule has 1 aliphatic rings. The summed E-state index contributed by atoms with van der Waals surface area (Å²) in [5, 5.41) is 1.35. The van der Waals surface area contributed by atoms with E-state index < -0.39 is 0 Å². The summed E-state index contributed by atoms with van der Waals surface area (Å²) in [6, 6.07) is 0. The Hall–Kier alpha value is -1.27. The molecule has 1 fully saturated rings. The quantitative estimate of drug-likeness (QED) is 0.542. The van der Waals surface area contributed by atoms with Crippen LogP contribution in [-0.2, 0) is 9.53 Å². The van der Waals surface area contributed by atoms with E-state index in [0.29, 0.717) is 32.0 Å². The van der Waals surface area contributed by atoms with Gasteiger partial charge in [0.25, 0.3) is 0 Å². The van der Waals surface area contributed by atoms with Crippen molar-refractivity contribution in [2.45, 2.75) is 20.8 Å². The molecule has 6 heteroatoms. The molecule has 0 saturated carbocycles. The summed E-state index contributed by atoms with van der Waals surface area (Å²) >= 11 is 0. The van der Waals surface area contributed by atoms with Gasteiger partial charge in [0.1, 0.15) is 6.54 Å². The lowest BCUT2D eigenvalue weighted by molar-refractivity contribution is -0.135. The molecule has 0 aromatic rings. The summed E-state index contributed by atoms with van der Waals surface area (Å²) in [7, 11) is 0. The SMILES string of the molecule is CC(C)(C)/C(N)=C/N(N)CC(=O)N1CCOCC1. The van der Waals surface area contributed by atoms with Gasteiger partial charge in [-0.25, -0.2) is 5.84 Å². The molecule has 1 heterocycles. The minimum absolute atomic E-state index is 0.00115. The minimum Gasteiger partial charge on any atom is -0.400 e. The monoisotopic (exact) mass is 256 g/mol. The van der Waals surface area contributed by atoms with Gasteiger partial charge in [0.15, 0.2) is 0 Å². The van der Waals surface area contributed by atoms with Crippen molar-refractivity contribution >= 4 is 5.91 Å². The number of carbonyl (C=O) groups excluding carboxylic acids is 1. The fraction of sp³-hybridized carbons (Fsp3) is 0.750. The van der Waals surface area contributed by atoms with Crippen molar-refractivity contribution in [3.63, 3.8) is 0 Å². The van der Waals surface area contributed by atoms with E-state index in [-0.39, 0.29) is 17.9 Å². The summed E-state index contributed by atoms with van der Waals surface area (Å²) < 4.78 is 5.19. The molecule has 0 aromatic carbocycles. The molecule has 0 unspecified atom stereocenters.